The van der Waals surface area contributed by atoms with Crippen LogP contribution in [0.15, 0.2) is 43.0 Å². The van der Waals surface area contributed by atoms with Gasteiger partial charge in [0, 0.05) is 31.5 Å². The molecule has 1 unspecified atom stereocenters. The van der Waals surface area contributed by atoms with Crippen molar-refractivity contribution in [2.24, 2.45) is 5.41 Å². The van der Waals surface area contributed by atoms with Crippen molar-refractivity contribution in [2.75, 3.05) is 0 Å². The molecule has 0 radical (unpaired) electrons. The Hall–Kier alpha value is -1.81. The molecule has 0 spiro atoms. The second kappa shape index (κ2) is 6.09. The van der Waals surface area contributed by atoms with Gasteiger partial charge in [-0.2, -0.15) is 0 Å². The SMILES string of the molecule is CC(C)(C)C(Cn1ccnc1)NCc1cccc(O)c1. The van der Waals surface area contributed by atoms with Crippen LogP contribution >= 0.6 is 0 Å². The lowest BCUT2D eigenvalue weighted by molar-refractivity contribution is 0.240. The van der Waals surface area contributed by atoms with Crippen LogP contribution in [-0.4, -0.2) is 20.7 Å². The van der Waals surface area contributed by atoms with Crippen molar-refractivity contribution in [2.45, 2.75) is 39.9 Å². The van der Waals surface area contributed by atoms with Crippen LogP contribution in [-0.2, 0) is 13.1 Å². The van der Waals surface area contributed by atoms with Gasteiger partial charge in [0.05, 0.1) is 6.33 Å². The maximum absolute atomic E-state index is 9.51. The average molecular weight is 273 g/mol. The number of rotatable bonds is 5. The van der Waals surface area contributed by atoms with E-state index in [0.717, 1.165) is 18.7 Å². The van der Waals surface area contributed by atoms with Crippen molar-refractivity contribution in [1.82, 2.24) is 14.9 Å². The largest absolute Gasteiger partial charge is 0.508 e. The molecule has 0 saturated heterocycles. The van der Waals surface area contributed by atoms with Crippen LogP contribution in [0.5, 0.6) is 5.75 Å². The van der Waals surface area contributed by atoms with Crippen molar-refractivity contribution in [1.29, 1.82) is 0 Å². The molecule has 20 heavy (non-hydrogen) atoms. The molecular formula is C16H23N3O. The molecule has 1 heterocycles. The second-order valence-electron chi connectivity index (χ2n) is 6.23. The van der Waals surface area contributed by atoms with E-state index in [-0.39, 0.29) is 5.41 Å². The Morgan fingerprint density at radius 1 is 1.35 bits per heavy atom. The van der Waals surface area contributed by atoms with Gasteiger partial charge in [-0.05, 0) is 23.1 Å². The molecule has 2 rings (SSSR count). The number of phenols is 1. The predicted molar refractivity (Wildman–Crippen MR) is 80.4 cm³/mol. The number of hydrogen-bond donors (Lipinski definition) is 2. The molecule has 1 atom stereocenters. The van der Waals surface area contributed by atoms with E-state index < -0.39 is 0 Å². The molecule has 0 fully saturated rings. The Labute approximate surface area is 120 Å². The fourth-order valence-corrected chi connectivity index (χ4v) is 2.16. The van der Waals surface area contributed by atoms with Gasteiger partial charge < -0.3 is 15.0 Å². The summed E-state index contributed by atoms with van der Waals surface area (Å²) in [5.74, 6) is 0.311. The van der Waals surface area contributed by atoms with Gasteiger partial charge in [0.1, 0.15) is 5.75 Å². The van der Waals surface area contributed by atoms with E-state index in [1.54, 1.807) is 18.3 Å². The zero-order chi connectivity index (χ0) is 14.6. The zero-order valence-electron chi connectivity index (χ0n) is 12.4. The van der Waals surface area contributed by atoms with E-state index in [0.29, 0.717) is 11.8 Å². The minimum atomic E-state index is 0.140. The molecule has 108 valence electrons. The van der Waals surface area contributed by atoms with E-state index >= 15 is 0 Å². The van der Waals surface area contributed by atoms with E-state index in [1.165, 1.54) is 0 Å². The highest BCUT2D eigenvalue weighted by atomic mass is 16.3. The van der Waals surface area contributed by atoms with E-state index in [1.807, 2.05) is 24.7 Å². The molecule has 4 nitrogen and oxygen atoms in total. The molecule has 0 saturated carbocycles. The minimum absolute atomic E-state index is 0.140. The zero-order valence-corrected chi connectivity index (χ0v) is 12.4. The van der Waals surface area contributed by atoms with Gasteiger partial charge in [0.25, 0.3) is 0 Å². The van der Waals surface area contributed by atoms with Crippen LogP contribution in [0.3, 0.4) is 0 Å². The standard InChI is InChI=1S/C16H23N3O/c1-16(2,3)15(11-19-8-7-17-12-19)18-10-13-5-4-6-14(20)9-13/h4-9,12,15,18,20H,10-11H2,1-3H3. The second-order valence-corrected chi connectivity index (χ2v) is 6.23. The van der Waals surface area contributed by atoms with Crippen molar-refractivity contribution in [3.63, 3.8) is 0 Å². The van der Waals surface area contributed by atoms with Gasteiger partial charge in [0.15, 0.2) is 0 Å². The number of phenolic OH excluding ortho intramolecular Hbond substituents is 1. The molecule has 0 aliphatic carbocycles. The van der Waals surface area contributed by atoms with Gasteiger partial charge in [-0.3, -0.25) is 0 Å². The lowest BCUT2D eigenvalue weighted by Gasteiger charge is -2.32. The highest BCUT2D eigenvalue weighted by Crippen LogP contribution is 2.21. The normalized spacial score (nSPS) is 13.3. The summed E-state index contributed by atoms with van der Waals surface area (Å²) in [6.07, 6.45) is 5.62. The van der Waals surface area contributed by atoms with Gasteiger partial charge in [-0.25, -0.2) is 4.98 Å². The molecule has 2 aromatic rings. The smallest absolute Gasteiger partial charge is 0.115 e. The third kappa shape index (κ3) is 4.10. The maximum Gasteiger partial charge on any atom is 0.115 e. The van der Waals surface area contributed by atoms with Gasteiger partial charge in [-0.1, -0.05) is 32.9 Å². The summed E-state index contributed by atoms with van der Waals surface area (Å²) >= 11 is 0. The first-order valence-electron chi connectivity index (χ1n) is 6.92. The Balaban J connectivity index is 2.01. The number of hydrogen-bond acceptors (Lipinski definition) is 3. The van der Waals surface area contributed by atoms with Crippen LogP contribution in [0.4, 0.5) is 0 Å². The molecule has 0 aliphatic heterocycles. The van der Waals surface area contributed by atoms with Crippen molar-refractivity contribution in [3.05, 3.63) is 48.5 Å². The summed E-state index contributed by atoms with van der Waals surface area (Å²) in [6, 6.07) is 7.69. The van der Waals surface area contributed by atoms with E-state index in [2.05, 4.69) is 35.6 Å². The van der Waals surface area contributed by atoms with Crippen LogP contribution in [0.1, 0.15) is 26.3 Å². The summed E-state index contributed by atoms with van der Waals surface area (Å²) in [6.45, 7) is 8.30. The third-order valence-electron chi connectivity index (χ3n) is 3.46. The fraction of sp³-hybridized carbons (Fsp3) is 0.438. The number of nitrogens with zero attached hydrogens (tertiary/aromatic N) is 2. The topological polar surface area (TPSA) is 50.1 Å². The highest BCUT2D eigenvalue weighted by Gasteiger charge is 2.24. The Bertz CT molecular complexity index is 529. The first kappa shape index (κ1) is 14.6. The van der Waals surface area contributed by atoms with Crippen molar-refractivity contribution in [3.8, 4) is 5.75 Å². The molecule has 0 bridgehead atoms. The molecule has 4 heteroatoms. The lowest BCUT2D eigenvalue weighted by Crippen LogP contribution is -2.42. The van der Waals surface area contributed by atoms with Crippen LogP contribution in [0.2, 0.25) is 0 Å². The first-order valence-corrected chi connectivity index (χ1v) is 6.92. The van der Waals surface area contributed by atoms with Crippen molar-refractivity contribution >= 4 is 0 Å². The Morgan fingerprint density at radius 2 is 2.15 bits per heavy atom. The summed E-state index contributed by atoms with van der Waals surface area (Å²) in [7, 11) is 0. The van der Waals surface area contributed by atoms with Gasteiger partial charge in [0.2, 0.25) is 0 Å². The van der Waals surface area contributed by atoms with Crippen LogP contribution in [0.25, 0.3) is 0 Å². The predicted octanol–water partition coefficient (Wildman–Crippen LogP) is 2.79. The van der Waals surface area contributed by atoms with E-state index in [9.17, 15) is 5.11 Å². The summed E-state index contributed by atoms with van der Waals surface area (Å²) in [5, 5.41) is 13.1. The molecule has 0 amide bonds. The van der Waals surface area contributed by atoms with Gasteiger partial charge >= 0.3 is 0 Å². The quantitative estimate of drug-likeness (QED) is 0.880. The minimum Gasteiger partial charge on any atom is -0.508 e. The number of aromatic hydroxyl groups is 1. The first-order chi connectivity index (χ1) is 9.45. The monoisotopic (exact) mass is 273 g/mol. The summed E-state index contributed by atoms with van der Waals surface area (Å²) < 4.78 is 2.09. The molecule has 2 N–H and O–H groups in total. The van der Waals surface area contributed by atoms with Crippen molar-refractivity contribution < 1.29 is 5.11 Å². The molecular weight excluding hydrogens is 250 g/mol. The Morgan fingerprint density at radius 3 is 2.75 bits per heavy atom. The summed E-state index contributed by atoms with van der Waals surface area (Å²) in [4.78, 5) is 4.09. The van der Waals surface area contributed by atoms with Gasteiger partial charge in [-0.15, -0.1) is 0 Å². The molecule has 0 aliphatic rings. The number of imidazole rings is 1. The highest BCUT2D eigenvalue weighted by molar-refractivity contribution is 5.27. The number of nitrogens with one attached hydrogen (secondary N) is 1. The maximum atomic E-state index is 9.51. The number of aromatic nitrogens is 2. The summed E-state index contributed by atoms with van der Waals surface area (Å²) in [5.41, 5.74) is 1.23. The van der Waals surface area contributed by atoms with Crippen LogP contribution in [0, 0.1) is 5.41 Å². The number of benzene rings is 1. The fourth-order valence-electron chi connectivity index (χ4n) is 2.16. The molecule has 1 aromatic heterocycles. The van der Waals surface area contributed by atoms with E-state index in [4.69, 9.17) is 0 Å². The lowest BCUT2D eigenvalue weighted by atomic mass is 9.86. The van der Waals surface area contributed by atoms with Crippen LogP contribution < -0.4 is 5.32 Å². The molecule has 1 aromatic carbocycles. The average Bonchev–Trinajstić information content (AvgIpc) is 2.86. The third-order valence-corrected chi connectivity index (χ3v) is 3.46. The Kier molecular flexibility index (Phi) is 4.45.